The third-order valence-corrected chi connectivity index (χ3v) is 6.38. The number of primary amides is 1. The van der Waals surface area contributed by atoms with Crippen LogP contribution < -0.4 is 5.73 Å². The van der Waals surface area contributed by atoms with Gasteiger partial charge in [0.05, 0.1) is 17.3 Å². The number of carbonyl (C=O) groups is 2. The van der Waals surface area contributed by atoms with Crippen LogP contribution in [0.5, 0.6) is 0 Å². The normalized spacial score (nSPS) is 17.0. The fourth-order valence-electron chi connectivity index (χ4n) is 3.86. The molecule has 1 saturated heterocycles. The number of halogens is 1. The van der Waals surface area contributed by atoms with Crippen molar-refractivity contribution in [3.8, 4) is 0 Å². The second-order valence-corrected chi connectivity index (χ2v) is 8.02. The predicted octanol–water partition coefficient (Wildman–Crippen LogP) is 3.68. The maximum Gasteiger partial charge on any atom is 0.258 e. The molecule has 7 heteroatoms. The van der Waals surface area contributed by atoms with Crippen LogP contribution in [-0.4, -0.2) is 28.2 Å². The van der Waals surface area contributed by atoms with E-state index in [9.17, 15) is 14.0 Å². The highest BCUT2D eigenvalue weighted by Gasteiger charge is 2.31. The summed E-state index contributed by atoms with van der Waals surface area (Å²) in [7, 11) is 0. The van der Waals surface area contributed by atoms with Crippen LogP contribution in [0.1, 0.15) is 44.7 Å². The number of nitrogens with one attached hydrogen (secondary N) is 1. The first kappa shape index (κ1) is 17.7. The van der Waals surface area contributed by atoms with Gasteiger partial charge in [-0.1, -0.05) is 0 Å². The van der Waals surface area contributed by atoms with E-state index < -0.39 is 5.91 Å². The highest BCUT2D eigenvalue weighted by molar-refractivity contribution is 7.14. The number of likely N-dealkylation sites (tertiary alicyclic amines) is 1. The first-order chi connectivity index (χ1) is 12.9. The quantitative estimate of drug-likeness (QED) is 0.718. The third-order valence-electron chi connectivity index (χ3n) is 5.18. The van der Waals surface area contributed by atoms with Gasteiger partial charge in [0.15, 0.2) is 0 Å². The van der Waals surface area contributed by atoms with E-state index in [1.165, 1.54) is 23.5 Å². The van der Waals surface area contributed by atoms with Gasteiger partial charge in [-0.3, -0.25) is 9.59 Å². The monoisotopic (exact) mass is 385 g/mol. The van der Waals surface area contributed by atoms with E-state index in [4.69, 9.17) is 5.73 Å². The van der Waals surface area contributed by atoms with Crippen LogP contribution in [0.15, 0.2) is 30.3 Å². The van der Waals surface area contributed by atoms with Gasteiger partial charge in [-0.05, 0) is 55.7 Å². The summed E-state index contributed by atoms with van der Waals surface area (Å²) < 4.78 is 13.7. The zero-order chi connectivity index (χ0) is 19.1. The molecular formula is C20H20FN3O2S. The topological polar surface area (TPSA) is 79.2 Å². The lowest BCUT2D eigenvalue weighted by atomic mass is 10.1. The SMILES string of the molecule is Cc1[nH]c2ccc(F)cc2c1CC(=O)N1CCCC1c1ccc(C(N)=O)s1. The number of hydrogen-bond acceptors (Lipinski definition) is 3. The van der Waals surface area contributed by atoms with E-state index in [2.05, 4.69) is 4.98 Å². The van der Waals surface area contributed by atoms with Gasteiger partial charge < -0.3 is 15.6 Å². The van der Waals surface area contributed by atoms with Crippen molar-refractivity contribution in [1.82, 2.24) is 9.88 Å². The predicted molar refractivity (Wildman–Crippen MR) is 103 cm³/mol. The van der Waals surface area contributed by atoms with Crippen molar-refractivity contribution in [2.75, 3.05) is 6.54 Å². The summed E-state index contributed by atoms with van der Waals surface area (Å²) >= 11 is 1.35. The zero-order valence-electron chi connectivity index (χ0n) is 14.9. The number of rotatable bonds is 4. The molecule has 1 atom stereocenters. The van der Waals surface area contributed by atoms with Crippen molar-refractivity contribution in [2.24, 2.45) is 5.73 Å². The summed E-state index contributed by atoms with van der Waals surface area (Å²) in [6.45, 7) is 2.59. The van der Waals surface area contributed by atoms with Crippen molar-refractivity contribution in [2.45, 2.75) is 32.2 Å². The average molecular weight is 385 g/mol. The van der Waals surface area contributed by atoms with Crippen LogP contribution in [0.2, 0.25) is 0 Å². The maximum atomic E-state index is 13.7. The van der Waals surface area contributed by atoms with Crippen LogP contribution in [0.4, 0.5) is 4.39 Å². The third kappa shape index (κ3) is 3.23. The fraction of sp³-hybridized carbons (Fsp3) is 0.300. The van der Waals surface area contributed by atoms with Gasteiger partial charge in [0.25, 0.3) is 5.91 Å². The maximum absolute atomic E-state index is 13.7. The molecule has 5 nitrogen and oxygen atoms in total. The minimum Gasteiger partial charge on any atom is -0.365 e. The summed E-state index contributed by atoms with van der Waals surface area (Å²) in [6.07, 6.45) is 2.01. The minimum atomic E-state index is -0.446. The van der Waals surface area contributed by atoms with E-state index >= 15 is 0 Å². The lowest BCUT2D eigenvalue weighted by Crippen LogP contribution is -2.31. The number of amides is 2. The van der Waals surface area contributed by atoms with Crippen LogP contribution in [0, 0.1) is 12.7 Å². The standard InChI is InChI=1S/C20H20FN3O2S/c1-11-13(14-9-12(21)4-5-15(14)23-11)10-19(25)24-8-2-3-16(24)17-6-7-18(27-17)20(22)26/h4-7,9,16,23H,2-3,8,10H2,1H3,(H2,22,26). The molecular weight excluding hydrogens is 365 g/mol. The van der Waals surface area contributed by atoms with E-state index in [0.717, 1.165) is 39.9 Å². The second kappa shape index (κ2) is 6.81. The number of nitrogens with two attached hydrogens (primary N) is 1. The zero-order valence-corrected chi connectivity index (χ0v) is 15.7. The Labute approximate surface area is 160 Å². The number of aromatic nitrogens is 1. The Bertz CT molecular complexity index is 1040. The largest absolute Gasteiger partial charge is 0.365 e. The Morgan fingerprint density at radius 1 is 1.33 bits per heavy atom. The Balaban J connectivity index is 1.60. The van der Waals surface area contributed by atoms with Crippen molar-refractivity contribution < 1.29 is 14.0 Å². The van der Waals surface area contributed by atoms with Crippen molar-refractivity contribution in [1.29, 1.82) is 0 Å². The summed E-state index contributed by atoms with van der Waals surface area (Å²) in [4.78, 5) is 31.0. The first-order valence-electron chi connectivity index (χ1n) is 8.89. The number of aromatic amines is 1. The van der Waals surface area contributed by atoms with Crippen LogP contribution in [-0.2, 0) is 11.2 Å². The fourth-order valence-corrected chi connectivity index (χ4v) is 4.87. The number of fused-ring (bicyclic) bond motifs is 1. The van der Waals surface area contributed by atoms with Crippen LogP contribution >= 0.6 is 11.3 Å². The van der Waals surface area contributed by atoms with Gasteiger partial charge >= 0.3 is 0 Å². The molecule has 0 aliphatic carbocycles. The van der Waals surface area contributed by atoms with E-state index in [0.29, 0.717) is 11.4 Å². The first-order valence-corrected chi connectivity index (χ1v) is 9.71. The lowest BCUT2D eigenvalue weighted by Gasteiger charge is -2.24. The molecule has 3 N–H and O–H groups in total. The van der Waals surface area contributed by atoms with Gasteiger partial charge in [-0.15, -0.1) is 11.3 Å². The lowest BCUT2D eigenvalue weighted by molar-refractivity contribution is -0.131. The van der Waals surface area contributed by atoms with Crippen molar-refractivity contribution in [3.05, 3.63) is 57.2 Å². The average Bonchev–Trinajstić information content (AvgIpc) is 3.34. The Kier molecular flexibility index (Phi) is 4.47. The Morgan fingerprint density at radius 3 is 2.89 bits per heavy atom. The van der Waals surface area contributed by atoms with E-state index in [-0.39, 0.29) is 24.2 Å². The molecule has 4 rings (SSSR count). The number of carbonyl (C=O) groups excluding carboxylic acids is 2. The van der Waals surface area contributed by atoms with Crippen LogP contribution in [0.3, 0.4) is 0 Å². The molecule has 1 unspecified atom stereocenters. The number of nitrogens with zero attached hydrogens (tertiary/aromatic N) is 1. The molecule has 0 bridgehead atoms. The van der Waals surface area contributed by atoms with Crippen LogP contribution in [0.25, 0.3) is 10.9 Å². The Morgan fingerprint density at radius 2 is 2.15 bits per heavy atom. The molecule has 140 valence electrons. The smallest absolute Gasteiger partial charge is 0.258 e. The number of aryl methyl sites for hydroxylation is 1. The molecule has 0 radical (unpaired) electrons. The highest BCUT2D eigenvalue weighted by Crippen LogP contribution is 2.36. The molecule has 1 fully saturated rings. The summed E-state index contributed by atoms with van der Waals surface area (Å²) in [5.74, 6) is -0.745. The molecule has 0 spiro atoms. The molecule has 1 aliphatic heterocycles. The second-order valence-electron chi connectivity index (χ2n) is 6.91. The summed E-state index contributed by atoms with van der Waals surface area (Å²) in [6, 6.07) is 8.15. The van der Waals surface area contributed by atoms with Gasteiger partial charge in [-0.2, -0.15) is 0 Å². The molecule has 2 aromatic heterocycles. The van der Waals surface area contributed by atoms with Gasteiger partial charge in [0, 0.05) is 28.0 Å². The molecule has 1 aliphatic rings. The van der Waals surface area contributed by atoms with Gasteiger partial charge in [0.2, 0.25) is 5.91 Å². The van der Waals surface area contributed by atoms with E-state index in [1.54, 1.807) is 12.1 Å². The molecule has 1 aromatic carbocycles. The molecule has 3 heterocycles. The van der Waals surface area contributed by atoms with Gasteiger partial charge in [-0.25, -0.2) is 4.39 Å². The molecule has 2 amide bonds. The molecule has 3 aromatic rings. The molecule has 0 saturated carbocycles. The Hall–Kier alpha value is -2.67. The molecule has 27 heavy (non-hydrogen) atoms. The number of H-pyrrole nitrogens is 1. The van der Waals surface area contributed by atoms with Crippen molar-refractivity contribution in [3.63, 3.8) is 0 Å². The number of thiophene rings is 1. The van der Waals surface area contributed by atoms with Gasteiger partial charge in [0.1, 0.15) is 5.82 Å². The minimum absolute atomic E-state index is 0.0137. The highest BCUT2D eigenvalue weighted by atomic mass is 32.1. The van der Waals surface area contributed by atoms with E-state index in [1.807, 2.05) is 17.9 Å². The summed E-state index contributed by atoms with van der Waals surface area (Å²) in [5.41, 5.74) is 7.90. The number of hydrogen-bond donors (Lipinski definition) is 2. The summed E-state index contributed by atoms with van der Waals surface area (Å²) in [5, 5.41) is 0.753. The van der Waals surface area contributed by atoms with Crippen molar-refractivity contribution >= 4 is 34.1 Å². The number of benzene rings is 1.